The Balaban J connectivity index is 1.44. The number of ether oxygens (including phenoxy) is 5. The lowest BCUT2D eigenvalue weighted by molar-refractivity contribution is 0.221. The highest BCUT2D eigenvalue weighted by atomic mass is 16.7. The third-order valence-corrected chi connectivity index (χ3v) is 3.18. The summed E-state index contributed by atoms with van der Waals surface area (Å²) in [5, 5.41) is 0. The highest BCUT2D eigenvalue weighted by molar-refractivity contribution is 5.59. The predicted molar refractivity (Wildman–Crippen MR) is 41.1 cm³/mol. The molecule has 4 fully saturated rings. The minimum Gasteiger partial charge on any atom is -0.470 e. The van der Waals surface area contributed by atoms with Gasteiger partial charge in [0.15, 0.2) is 23.0 Å². The van der Waals surface area contributed by atoms with Crippen LogP contribution in [-0.4, -0.2) is 12.2 Å². The molecule has 2 atom stereocenters. The summed E-state index contributed by atoms with van der Waals surface area (Å²) < 4.78 is 26.8. The molecule has 0 radical (unpaired) electrons. The second-order valence-corrected chi connectivity index (χ2v) is 4.08. The first-order valence-electron chi connectivity index (χ1n) is 4.76. The molecule has 0 N–H and O–H groups in total. The molecule has 6 rings (SSSR count). The van der Waals surface area contributed by atoms with E-state index in [4.69, 9.17) is 23.7 Å². The van der Waals surface area contributed by atoms with Crippen molar-refractivity contribution in [3.05, 3.63) is 46.1 Å². The van der Waals surface area contributed by atoms with E-state index in [0.717, 1.165) is 46.1 Å². The molecule has 15 heavy (non-hydrogen) atoms. The van der Waals surface area contributed by atoms with Crippen molar-refractivity contribution >= 4 is 0 Å². The highest BCUT2D eigenvalue weighted by Crippen LogP contribution is 2.61. The molecule has 5 heteroatoms. The van der Waals surface area contributed by atoms with Gasteiger partial charge in [-0.3, -0.25) is 0 Å². The molecular formula is C10H2O5. The summed E-state index contributed by atoms with van der Waals surface area (Å²) in [6.45, 7) is 0. The second-order valence-electron chi connectivity index (χ2n) is 4.08. The molecule has 2 unspecified atom stereocenters. The molecule has 4 heterocycles. The van der Waals surface area contributed by atoms with Crippen LogP contribution in [0.15, 0.2) is 46.1 Å². The van der Waals surface area contributed by atoms with Crippen LogP contribution < -0.4 is 0 Å². The number of hydrogen-bond acceptors (Lipinski definition) is 5. The molecule has 0 aromatic heterocycles. The summed E-state index contributed by atoms with van der Waals surface area (Å²) in [6.07, 6.45) is 0.00343. The molecule has 4 saturated heterocycles. The molecule has 0 bridgehead atoms. The van der Waals surface area contributed by atoms with Crippen LogP contribution in [0.4, 0.5) is 0 Å². The van der Waals surface area contributed by atoms with Gasteiger partial charge in [0.05, 0.1) is 0 Å². The lowest BCUT2D eigenvalue weighted by Crippen LogP contribution is -2.02. The Morgan fingerprint density at radius 3 is 1.67 bits per heavy atom. The van der Waals surface area contributed by atoms with Gasteiger partial charge in [0.2, 0.25) is 35.2 Å². The van der Waals surface area contributed by atoms with E-state index < -0.39 is 0 Å². The van der Waals surface area contributed by atoms with Gasteiger partial charge in [0.25, 0.3) is 0 Å². The Kier molecular flexibility index (Phi) is 0.507. The van der Waals surface area contributed by atoms with Gasteiger partial charge in [-0.05, 0) is 0 Å². The molecular weight excluding hydrogens is 200 g/mol. The van der Waals surface area contributed by atoms with E-state index in [-0.39, 0.29) is 12.2 Å². The fraction of sp³-hybridized carbons (Fsp3) is 0.200. The number of fused-ring (bicyclic) bond motifs is 4. The van der Waals surface area contributed by atoms with E-state index in [2.05, 4.69) is 0 Å². The maximum Gasteiger partial charge on any atom is 0.220 e. The standard InChI is InChI=1S/C10H2O5/c11-1-2-6(12-2)9(5(1)11)15-10-7-3(13-7)4-8(10)14-4/h5,7H. The van der Waals surface area contributed by atoms with E-state index in [1.807, 2.05) is 0 Å². The predicted octanol–water partition coefficient (Wildman–Crippen LogP) is 0.735. The van der Waals surface area contributed by atoms with Gasteiger partial charge >= 0.3 is 0 Å². The Morgan fingerprint density at radius 2 is 1.27 bits per heavy atom. The van der Waals surface area contributed by atoms with Crippen LogP contribution in [0.5, 0.6) is 0 Å². The molecule has 0 spiro atoms. The Bertz CT molecular complexity index is 564. The van der Waals surface area contributed by atoms with Crippen LogP contribution in [0.2, 0.25) is 0 Å². The zero-order valence-electron chi connectivity index (χ0n) is 7.20. The number of hydrogen-bond donors (Lipinski definition) is 0. The van der Waals surface area contributed by atoms with Crippen LogP contribution in [0.25, 0.3) is 0 Å². The van der Waals surface area contributed by atoms with Crippen molar-refractivity contribution in [1.82, 2.24) is 0 Å². The molecule has 6 aliphatic rings. The first-order valence-corrected chi connectivity index (χ1v) is 4.76. The highest BCUT2D eigenvalue weighted by Gasteiger charge is 2.64. The van der Waals surface area contributed by atoms with Gasteiger partial charge in [0, 0.05) is 0 Å². The maximum atomic E-state index is 5.76. The van der Waals surface area contributed by atoms with Crippen LogP contribution in [0.1, 0.15) is 0 Å². The van der Waals surface area contributed by atoms with Crippen molar-refractivity contribution in [1.29, 1.82) is 0 Å². The lowest BCUT2D eigenvalue weighted by Gasteiger charge is -2.03. The minimum absolute atomic E-state index is 0.00171. The Morgan fingerprint density at radius 1 is 0.733 bits per heavy atom. The van der Waals surface area contributed by atoms with Crippen LogP contribution >= 0.6 is 0 Å². The third-order valence-electron chi connectivity index (χ3n) is 3.18. The zero-order chi connectivity index (χ0) is 9.31. The topological polar surface area (TPSA) is 59.4 Å². The monoisotopic (exact) mass is 202 g/mol. The summed E-state index contributed by atoms with van der Waals surface area (Å²) in [6, 6.07) is 0. The van der Waals surface area contributed by atoms with Gasteiger partial charge in [-0.2, -0.15) is 0 Å². The summed E-state index contributed by atoms with van der Waals surface area (Å²) in [5.41, 5.74) is 0. The fourth-order valence-electron chi connectivity index (χ4n) is 2.23. The van der Waals surface area contributed by atoms with E-state index in [1.54, 1.807) is 0 Å². The van der Waals surface area contributed by atoms with Crippen molar-refractivity contribution in [2.75, 3.05) is 0 Å². The van der Waals surface area contributed by atoms with Crippen molar-refractivity contribution in [3.8, 4) is 0 Å². The molecule has 2 aliphatic carbocycles. The van der Waals surface area contributed by atoms with Gasteiger partial charge < -0.3 is 23.7 Å². The van der Waals surface area contributed by atoms with Crippen molar-refractivity contribution in [3.63, 3.8) is 0 Å². The summed E-state index contributed by atoms with van der Waals surface area (Å²) in [7, 11) is 0. The van der Waals surface area contributed by atoms with Gasteiger partial charge in [-0.25, -0.2) is 0 Å². The van der Waals surface area contributed by atoms with Crippen molar-refractivity contribution < 1.29 is 23.7 Å². The van der Waals surface area contributed by atoms with Gasteiger partial charge in [-0.15, -0.1) is 0 Å². The van der Waals surface area contributed by atoms with Crippen LogP contribution in [0, 0.1) is 0 Å². The third kappa shape index (κ3) is 0.475. The van der Waals surface area contributed by atoms with E-state index in [9.17, 15) is 0 Å². The van der Waals surface area contributed by atoms with E-state index in [1.165, 1.54) is 0 Å². The normalized spacial score (nSPS) is 38.4. The molecule has 72 valence electrons. The molecule has 0 amide bonds. The molecule has 0 aromatic rings. The minimum atomic E-state index is 0.00171. The average molecular weight is 202 g/mol. The Labute approximate surface area is 82.8 Å². The van der Waals surface area contributed by atoms with E-state index >= 15 is 0 Å². The molecule has 4 aliphatic heterocycles. The molecule has 0 aromatic carbocycles. The average Bonchev–Trinajstić information content (AvgIpc) is 3.15. The van der Waals surface area contributed by atoms with E-state index in [0.29, 0.717) is 0 Å². The maximum absolute atomic E-state index is 5.76. The first-order chi connectivity index (χ1) is 7.42. The van der Waals surface area contributed by atoms with Gasteiger partial charge in [0.1, 0.15) is 0 Å². The fourth-order valence-corrected chi connectivity index (χ4v) is 2.23. The quantitative estimate of drug-likeness (QED) is 0.618. The lowest BCUT2D eigenvalue weighted by atomic mass is 10.3. The van der Waals surface area contributed by atoms with Gasteiger partial charge in [-0.1, -0.05) is 0 Å². The summed E-state index contributed by atoms with van der Waals surface area (Å²) >= 11 is 0. The van der Waals surface area contributed by atoms with Crippen LogP contribution in [0.3, 0.4) is 0 Å². The largest absolute Gasteiger partial charge is 0.470 e. The molecule has 0 saturated carbocycles. The second kappa shape index (κ2) is 1.32. The zero-order valence-corrected chi connectivity index (χ0v) is 7.20. The number of rotatable bonds is 2. The molecule has 5 nitrogen and oxygen atoms in total. The van der Waals surface area contributed by atoms with Crippen LogP contribution in [-0.2, 0) is 23.7 Å². The summed E-state index contributed by atoms with van der Waals surface area (Å²) in [4.78, 5) is 0. The van der Waals surface area contributed by atoms with Crippen molar-refractivity contribution in [2.24, 2.45) is 0 Å². The SMILES string of the molecule is O1C2=C(OC3=C4OC4=C4OC34)C3OC3=C12. The van der Waals surface area contributed by atoms with Crippen molar-refractivity contribution in [2.45, 2.75) is 12.2 Å². The summed E-state index contributed by atoms with van der Waals surface area (Å²) in [5.74, 6) is 6.73. The Hall–Kier alpha value is -2.04. The number of epoxide rings is 4. The smallest absolute Gasteiger partial charge is 0.220 e. The first kappa shape index (κ1) is 5.75.